The molecule has 4 fully saturated rings. The molecule has 0 N–H and O–H groups in total. The first-order chi connectivity index (χ1) is 14.2. The highest BCUT2D eigenvalue weighted by atomic mass is 16.7. The van der Waals surface area contributed by atoms with Crippen LogP contribution < -0.4 is 0 Å². The van der Waals surface area contributed by atoms with Crippen LogP contribution in [0.3, 0.4) is 0 Å². The minimum absolute atomic E-state index is 0.162. The van der Waals surface area contributed by atoms with Crippen molar-refractivity contribution in [1.29, 1.82) is 5.26 Å². The van der Waals surface area contributed by atoms with Crippen LogP contribution in [-0.2, 0) is 9.47 Å². The van der Waals surface area contributed by atoms with E-state index in [9.17, 15) is 0 Å². The summed E-state index contributed by atoms with van der Waals surface area (Å²) in [5, 5.41) is 8.93. The molecule has 0 aromatic heterocycles. The maximum absolute atomic E-state index is 8.93. The van der Waals surface area contributed by atoms with Crippen LogP contribution >= 0.6 is 0 Å². The average Bonchev–Trinajstić information content (AvgIpc) is 3.52. The lowest BCUT2D eigenvalue weighted by molar-refractivity contribution is -0.147. The van der Waals surface area contributed by atoms with Gasteiger partial charge in [0.05, 0.1) is 19.3 Å². The molecule has 0 aromatic carbocycles. The van der Waals surface area contributed by atoms with E-state index in [4.69, 9.17) is 14.7 Å². The molecule has 8 atom stereocenters. The summed E-state index contributed by atoms with van der Waals surface area (Å²) in [6.07, 6.45) is 15.0. The molecule has 0 amide bonds. The highest BCUT2D eigenvalue weighted by Crippen LogP contribution is 2.54. The van der Waals surface area contributed by atoms with Crippen LogP contribution in [0.1, 0.15) is 90.9 Å². The molecule has 0 aliphatic heterocycles. The molecule has 0 aromatic rings. The number of nitriles is 1. The number of ether oxygens (including phenoxy) is 2. The van der Waals surface area contributed by atoms with E-state index in [2.05, 4.69) is 19.9 Å². The largest absolute Gasteiger partial charge is 0.353 e. The Morgan fingerprint density at radius 3 is 1.59 bits per heavy atom. The molecule has 4 aliphatic carbocycles. The molecule has 8 unspecified atom stereocenters. The van der Waals surface area contributed by atoms with Gasteiger partial charge in [0.2, 0.25) is 0 Å². The molecule has 0 saturated heterocycles. The molecular formula is C26H43NO2. The van der Waals surface area contributed by atoms with Gasteiger partial charge in [-0.25, -0.2) is 0 Å². The minimum Gasteiger partial charge on any atom is -0.353 e. The number of hydrogen-bond donors (Lipinski definition) is 0. The van der Waals surface area contributed by atoms with Gasteiger partial charge in [0.1, 0.15) is 0 Å². The van der Waals surface area contributed by atoms with Gasteiger partial charge in [-0.1, -0.05) is 26.7 Å². The summed E-state index contributed by atoms with van der Waals surface area (Å²) in [5.41, 5.74) is 0. The highest BCUT2D eigenvalue weighted by Gasteiger charge is 2.45. The Morgan fingerprint density at radius 2 is 1.17 bits per heavy atom. The zero-order valence-electron chi connectivity index (χ0n) is 18.9. The lowest BCUT2D eigenvalue weighted by atomic mass is 10.1. The Bertz CT molecular complexity index is 517. The highest BCUT2D eigenvalue weighted by molar-refractivity contribution is 4.95. The standard InChI is InChI=1S/C26H43NO2/c1-3-18-12-22(18)16-24-14-20(24)7-10-28-26(6-5-9-27)29-11-8-21-15-25(21)17-23-13-19(23)4-2/h18-26H,3-8,10-17H2,1-2H3. The summed E-state index contributed by atoms with van der Waals surface area (Å²) in [4.78, 5) is 0. The van der Waals surface area contributed by atoms with Gasteiger partial charge in [-0.05, 0) is 98.7 Å². The van der Waals surface area contributed by atoms with Crippen molar-refractivity contribution in [3.05, 3.63) is 0 Å². The van der Waals surface area contributed by atoms with Gasteiger partial charge in [0, 0.05) is 12.8 Å². The van der Waals surface area contributed by atoms with Crippen LogP contribution in [0.4, 0.5) is 0 Å². The van der Waals surface area contributed by atoms with Crippen LogP contribution in [0.25, 0.3) is 0 Å². The van der Waals surface area contributed by atoms with Crippen molar-refractivity contribution in [2.45, 2.75) is 97.2 Å². The summed E-state index contributed by atoms with van der Waals surface area (Å²) in [6, 6.07) is 2.25. The maximum Gasteiger partial charge on any atom is 0.158 e. The number of nitrogens with zero attached hydrogens (tertiary/aromatic N) is 1. The van der Waals surface area contributed by atoms with Crippen molar-refractivity contribution in [3.8, 4) is 6.07 Å². The van der Waals surface area contributed by atoms with E-state index in [1.54, 1.807) is 0 Å². The van der Waals surface area contributed by atoms with Gasteiger partial charge in [-0.15, -0.1) is 0 Å². The van der Waals surface area contributed by atoms with Gasteiger partial charge in [0.25, 0.3) is 0 Å². The van der Waals surface area contributed by atoms with Crippen molar-refractivity contribution >= 4 is 0 Å². The van der Waals surface area contributed by atoms with Crippen molar-refractivity contribution < 1.29 is 9.47 Å². The molecule has 29 heavy (non-hydrogen) atoms. The topological polar surface area (TPSA) is 42.2 Å². The molecule has 0 spiro atoms. The third kappa shape index (κ3) is 6.70. The fraction of sp³-hybridized carbons (Fsp3) is 0.962. The van der Waals surface area contributed by atoms with Crippen LogP contribution in [-0.4, -0.2) is 19.5 Å². The Hall–Kier alpha value is -0.590. The van der Waals surface area contributed by atoms with Gasteiger partial charge in [-0.2, -0.15) is 5.26 Å². The Morgan fingerprint density at radius 1 is 0.724 bits per heavy atom. The molecule has 3 nitrogen and oxygen atoms in total. The molecule has 4 saturated carbocycles. The fourth-order valence-corrected chi connectivity index (χ4v) is 5.98. The predicted octanol–water partition coefficient (Wildman–Crippen LogP) is 6.57. The summed E-state index contributed by atoms with van der Waals surface area (Å²) in [7, 11) is 0. The van der Waals surface area contributed by atoms with Crippen molar-refractivity contribution in [2.24, 2.45) is 47.3 Å². The van der Waals surface area contributed by atoms with Gasteiger partial charge in [-0.3, -0.25) is 0 Å². The number of hydrogen-bond acceptors (Lipinski definition) is 3. The van der Waals surface area contributed by atoms with E-state index >= 15 is 0 Å². The molecule has 0 radical (unpaired) electrons. The fourth-order valence-electron chi connectivity index (χ4n) is 5.98. The molecule has 0 bridgehead atoms. The molecule has 164 valence electrons. The quantitative estimate of drug-likeness (QED) is 0.274. The van der Waals surface area contributed by atoms with E-state index in [1.807, 2.05) is 0 Å². The third-order valence-electron chi connectivity index (χ3n) is 8.61. The lowest BCUT2D eigenvalue weighted by Gasteiger charge is -2.17. The van der Waals surface area contributed by atoms with Crippen molar-refractivity contribution in [3.63, 3.8) is 0 Å². The molecular weight excluding hydrogens is 358 g/mol. The Labute approximate surface area is 178 Å². The molecule has 3 heteroatoms. The maximum atomic E-state index is 8.93. The van der Waals surface area contributed by atoms with Crippen LogP contribution in [0.5, 0.6) is 0 Å². The number of rotatable bonds is 16. The van der Waals surface area contributed by atoms with E-state index in [0.717, 1.165) is 67.0 Å². The molecule has 0 heterocycles. The van der Waals surface area contributed by atoms with Gasteiger partial charge in [0.15, 0.2) is 6.29 Å². The predicted molar refractivity (Wildman–Crippen MR) is 116 cm³/mol. The zero-order chi connectivity index (χ0) is 20.2. The van der Waals surface area contributed by atoms with Crippen molar-refractivity contribution in [1.82, 2.24) is 0 Å². The van der Waals surface area contributed by atoms with E-state index in [0.29, 0.717) is 6.42 Å². The summed E-state index contributed by atoms with van der Waals surface area (Å²) >= 11 is 0. The molecule has 4 rings (SSSR count). The summed E-state index contributed by atoms with van der Waals surface area (Å²) in [5.74, 6) is 7.91. The second kappa shape index (κ2) is 10.1. The van der Waals surface area contributed by atoms with Crippen LogP contribution in [0, 0.1) is 58.7 Å². The van der Waals surface area contributed by atoms with Gasteiger partial charge < -0.3 is 9.47 Å². The molecule has 4 aliphatic rings. The van der Waals surface area contributed by atoms with E-state index in [1.165, 1.54) is 64.2 Å². The monoisotopic (exact) mass is 401 g/mol. The normalized spacial score (nSPS) is 40.3. The van der Waals surface area contributed by atoms with Crippen LogP contribution in [0.15, 0.2) is 0 Å². The third-order valence-corrected chi connectivity index (χ3v) is 8.61. The Balaban J connectivity index is 1.04. The van der Waals surface area contributed by atoms with Crippen LogP contribution in [0.2, 0.25) is 0 Å². The summed E-state index contributed by atoms with van der Waals surface area (Å²) < 4.78 is 12.1. The van der Waals surface area contributed by atoms with E-state index in [-0.39, 0.29) is 6.29 Å². The Kier molecular flexibility index (Phi) is 7.57. The van der Waals surface area contributed by atoms with Gasteiger partial charge >= 0.3 is 0 Å². The van der Waals surface area contributed by atoms with Crippen molar-refractivity contribution in [2.75, 3.05) is 13.2 Å². The SMILES string of the molecule is CCC1CC1CC1CC1CCOC(CCC#N)OCCC1CC1CC1CC1CC. The minimum atomic E-state index is -0.162. The average molecular weight is 402 g/mol. The zero-order valence-corrected chi connectivity index (χ0v) is 18.9. The lowest BCUT2D eigenvalue weighted by Crippen LogP contribution is -2.19. The first-order valence-electron chi connectivity index (χ1n) is 12.8. The first-order valence-corrected chi connectivity index (χ1v) is 12.8. The second-order valence-corrected chi connectivity index (χ2v) is 10.8. The van der Waals surface area contributed by atoms with E-state index < -0.39 is 0 Å². The summed E-state index contributed by atoms with van der Waals surface area (Å²) in [6.45, 7) is 6.29. The smallest absolute Gasteiger partial charge is 0.158 e. The first kappa shape index (κ1) is 21.6. The second-order valence-electron chi connectivity index (χ2n) is 10.8.